The Morgan fingerprint density at radius 2 is 2.00 bits per heavy atom. The number of nitrogens with one attached hydrogen (secondary N) is 1. The molecule has 0 amide bonds. The minimum atomic E-state index is -0.288. The van der Waals surface area contributed by atoms with Crippen LogP contribution in [0.25, 0.3) is 0 Å². The van der Waals surface area contributed by atoms with E-state index in [0.717, 1.165) is 25.1 Å². The summed E-state index contributed by atoms with van der Waals surface area (Å²) in [7, 11) is 3.48. The number of methoxy groups -OCH3 is 1. The number of hydrogen-bond donors (Lipinski definition) is 1. The van der Waals surface area contributed by atoms with Crippen molar-refractivity contribution in [2.45, 2.75) is 44.7 Å². The smallest absolute Gasteiger partial charge is 0.165 e. The van der Waals surface area contributed by atoms with E-state index >= 15 is 0 Å². The van der Waals surface area contributed by atoms with Gasteiger partial charge in [-0.3, -0.25) is 4.90 Å². The van der Waals surface area contributed by atoms with Gasteiger partial charge in [0.2, 0.25) is 0 Å². The van der Waals surface area contributed by atoms with Gasteiger partial charge in [-0.1, -0.05) is 6.07 Å². The number of rotatable bonds is 6. The van der Waals surface area contributed by atoms with E-state index in [4.69, 9.17) is 4.74 Å². The van der Waals surface area contributed by atoms with Crippen LogP contribution in [0.2, 0.25) is 0 Å². The van der Waals surface area contributed by atoms with E-state index in [1.807, 2.05) is 13.1 Å². The molecule has 1 aliphatic heterocycles. The maximum absolute atomic E-state index is 13.8. The SMILES string of the molecule is CNC(Cc1ccc(OC)c(F)c1)C(C)(C)N1CCCC1. The Labute approximate surface area is 127 Å². The van der Waals surface area contributed by atoms with E-state index in [-0.39, 0.29) is 17.4 Å². The molecule has 1 fully saturated rings. The molecule has 1 unspecified atom stereocenters. The lowest BCUT2D eigenvalue weighted by molar-refractivity contribution is 0.110. The molecule has 0 radical (unpaired) electrons. The predicted molar refractivity (Wildman–Crippen MR) is 84.4 cm³/mol. The fraction of sp³-hybridized carbons (Fsp3) is 0.647. The number of halogens is 1. The summed E-state index contributed by atoms with van der Waals surface area (Å²) in [5.74, 6) is 0.0161. The third-order valence-corrected chi connectivity index (χ3v) is 4.78. The van der Waals surface area contributed by atoms with Crippen molar-refractivity contribution in [2.24, 2.45) is 0 Å². The summed E-state index contributed by atoms with van der Waals surface area (Å²) in [6.07, 6.45) is 3.36. The van der Waals surface area contributed by atoms with E-state index in [1.54, 1.807) is 12.1 Å². The zero-order chi connectivity index (χ0) is 15.5. The van der Waals surface area contributed by atoms with Gasteiger partial charge in [0.05, 0.1) is 7.11 Å². The zero-order valence-electron chi connectivity index (χ0n) is 13.6. The second kappa shape index (κ2) is 6.75. The summed E-state index contributed by atoms with van der Waals surface area (Å²) in [6, 6.07) is 5.53. The molecule has 0 bridgehead atoms. The lowest BCUT2D eigenvalue weighted by atomic mass is 9.87. The first-order valence-electron chi connectivity index (χ1n) is 7.73. The van der Waals surface area contributed by atoms with Gasteiger partial charge in [-0.2, -0.15) is 0 Å². The van der Waals surface area contributed by atoms with Crippen LogP contribution in [-0.4, -0.2) is 43.7 Å². The van der Waals surface area contributed by atoms with Crippen LogP contribution < -0.4 is 10.1 Å². The standard InChI is InChI=1S/C17H27FN2O/c1-17(2,20-9-5-6-10-20)16(19-3)12-13-7-8-15(21-4)14(18)11-13/h7-8,11,16,19H,5-6,9-10,12H2,1-4H3. The maximum atomic E-state index is 13.8. The summed E-state index contributed by atoms with van der Waals surface area (Å²) >= 11 is 0. The fourth-order valence-corrected chi connectivity index (χ4v) is 3.29. The highest BCUT2D eigenvalue weighted by Gasteiger charge is 2.35. The molecule has 1 N–H and O–H groups in total. The van der Waals surface area contributed by atoms with Crippen LogP contribution in [-0.2, 0) is 6.42 Å². The van der Waals surface area contributed by atoms with Crippen molar-refractivity contribution in [2.75, 3.05) is 27.2 Å². The summed E-state index contributed by atoms with van der Waals surface area (Å²) in [5, 5.41) is 3.42. The molecule has 21 heavy (non-hydrogen) atoms. The molecule has 0 spiro atoms. The van der Waals surface area contributed by atoms with Crippen LogP contribution in [0, 0.1) is 5.82 Å². The maximum Gasteiger partial charge on any atom is 0.165 e. The normalized spacial score (nSPS) is 18.0. The van der Waals surface area contributed by atoms with Crippen molar-refractivity contribution in [3.63, 3.8) is 0 Å². The topological polar surface area (TPSA) is 24.5 Å². The van der Waals surface area contributed by atoms with Gasteiger partial charge in [0, 0.05) is 11.6 Å². The van der Waals surface area contributed by atoms with Crippen LogP contribution in [0.1, 0.15) is 32.3 Å². The van der Waals surface area contributed by atoms with Crippen molar-refractivity contribution in [1.82, 2.24) is 10.2 Å². The Hall–Kier alpha value is -1.13. The van der Waals surface area contributed by atoms with Gasteiger partial charge in [-0.15, -0.1) is 0 Å². The molecule has 1 atom stereocenters. The molecule has 3 nitrogen and oxygen atoms in total. The molecule has 1 heterocycles. The summed E-state index contributed by atoms with van der Waals surface area (Å²) in [5.41, 5.74) is 1.06. The average molecular weight is 294 g/mol. The van der Waals surface area contributed by atoms with E-state index in [9.17, 15) is 4.39 Å². The van der Waals surface area contributed by atoms with E-state index in [1.165, 1.54) is 20.0 Å². The molecule has 0 saturated carbocycles. The number of ether oxygens (including phenoxy) is 1. The van der Waals surface area contributed by atoms with Crippen molar-refractivity contribution in [3.05, 3.63) is 29.6 Å². The molecule has 1 aromatic carbocycles. The molecule has 1 aliphatic rings. The zero-order valence-corrected chi connectivity index (χ0v) is 13.6. The van der Waals surface area contributed by atoms with Crippen molar-refractivity contribution < 1.29 is 9.13 Å². The highest BCUT2D eigenvalue weighted by atomic mass is 19.1. The van der Waals surface area contributed by atoms with Gasteiger partial charge < -0.3 is 10.1 Å². The molecule has 1 aromatic rings. The van der Waals surface area contributed by atoms with Crippen LogP contribution in [0.4, 0.5) is 4.39 Å². The number of likely N-dealkylation sites (N-methyl/N-ethyl adjacent to an activating group) is 1. The summed E-state index contributed by atoms with van der Waals surface area (Å²) < 4.78 is 18.8. The van der Waals surface area contributed by atoms with Gasteiger partial charge in [0.15, 0.2) is 11.6 Å². The number of hydrogen-bond acceptors (Lipinski definition) is 3. The minimum Gasteiger partial charge on any atom is -0.494 e. The highest BCUT2D eigenvalue weighted by molar-refractivity contribution is 5.30. The minimum absolute atomic E-state index is 0.0572. The second-order valence-corrected chi connectivity index (χ2v) is 6.36. The van der Waals surface area contributed by atoms with E-state index in [0.29, 0.717) is 5.75 Å². The van der Waals surface area contributed by atoms with Crippen LogP contribution >= 0.6 is 0 Å². The van der Waals surface area contributed by atoms with Gasteiger partial charge >= 0.3 is 0 Å². The van der Waals surface area contributed by atoms with Crippen LogP contribution in [0.5, 0.6) is 5.75 Å². The third kappa shape index (κ3) is 3.55. The number of nitrogens with zero attached hydrogens (tertiary/aromatic N) is 1. The molecule has 0 aliphatic carbocycles. The van der Waals surface area contributed by atoms with Crippen molar-refractivity contribution in [3.8, 4) is 5.75 Å². The van der Waals surface area contributed by atoms with Gasteiger partial charge in [0.25, 0.3) is 0 Å². The largest absolute Gasteiger partial charge is 0.494 e. The monoisotopic (exact) mass is 294 g/mol. The Morgan fingerprint density at radius 3 is 2.52 bits per heavy atom. The van der Waals surface area contributed by atoms with Crippen molar-refractivity contribution >= 4 is 0 Å². The van der Waals surface area contributed by atoms with E-state index < -0.39 is 0 Å². The average Bonchev–Trinajstić information content (AvgIpc) is 2.99. The molecule has 4 heteroatoms. The molecule has 0 aromatic heterocycles. The Balaban J connectivity index is 2.12. The van der Waals surface area contributed by atoms with Crippen molar-refractivity contribution in [1.29, 1.82) is 0 Å². The Bertz CT molecular complexity index is 470. The summed E-state index contributed by atoms with van der Waals surface area (Å²) in [4.78, 5) is 2.54. The summed E-state index contributed by atoms with van der Waals surface area (Å²) in [6.45, 7) is 6.86. The lowest BCUT2D eigenvalue weighted by Gasteiger charge is -2.42. The first-order chi connectivity index (χ1) is 9.98. The molecular formula is C17H27FN2O. The Morgan fingerprint density at radius 1 is 1.33 bits per heavy atom. The first-order valence-corrected chi connectivity index (χ1v) is 7.73. The quantitative estimate of drug-likeness (QED) is 0.873. The Kier molecular flexibility index (Phi) is 5.22. The molecule has 2 rings (SSSR count). The number of benzene rings is 1. The third-order valence-electron chi connectivity index (χ3n) is 4.78. The molecular weight excluding hydrogens is 267 g/mol. The van der Waals surface area contributed by atoms with Gasteiger partial charge in [-0.05, 0) is 70.9 Å². The van der Waals surface area contributed by atoms with Crippen LogP contribution in [0.3, 0.4) is 0 Å². The highest BCUT2D eigenvalue weighted by Crippen LogP contribution is 2.27. The lowest BCUT2D eigenvalue weighted by Crippen LogP contribution is -2.57. The van der Waals surface area contributed by atoms with Gasteiger partial charge in [-0.25, -0.2) is 4.39 Å². The van der Waals surface area contributed by atoms with Gasteiger partial charge in [0.1, 0.15) is 0 Å². The first kappa shape index (κ1) is 16.2. The molecule has 118 valence electrons. The second-order valence-electron chi connectivity index (χ2n) is 6.36. The molecule has 1 saturated heterocycles. The van der Waals surface area contributed by atoms with E-state index in [2.05, 4.69) is 24.1 Å². The predicted octanol–water partition coefficient (Wildman–Crippen LogP) is 2.84. The number of likely N-dealkylation sites (tertiary alicyclic amines) is 1. The van der Waals surface area contributed by atoms with Crippen LogP contribution in [0.15, 0.2) is 18.2 Å². The fourth-order valence-electron chi connectivity index (χ4n) is 3.29.